The lowest BCUT2D eigenvalue weighted by Gasteiger charge is -2.11. The molecule has 0 aliphatic carbocycles. The normalized spacial score (nSPS) is 21.1. The fourth-order valence-corrected chi connectivity index (χ4v) is 4.21. The Balaban J connectivity index is 1.78. The fraction of sp³-hybridized carbons (Fsp3) is 0.545. The summed E-state index contributed by atoms with van der Waals surface area (Å²) >= 11 is 0. The van der Waals surface area contributed by atoms with Gasteiger partial charge < -0.3 is 15.6 Å². The SMILES string of the molecule is CNc1nc(NCC2CCS(=O)(=O)C2)c2[nH]cnc2n1. The third kappa shape index (κ3) is 2.53. The van der Waals surface area contributed by atoms with E-state index in [2.05, 4.69) is 30.6 Å². The van der Waals surface area contributed by atoms with Crippen molar-refractivity contribution in [1.82, 2.24) is 19.9 Å². The summed E-state index contributed by atoms with van der Waals surface area (Å²) in [4.78, 5) is 15.6. The van der Waals surface area contributed by atoms with Crippen molar-refractivity contribution in [1.29, 1.82) is 0 Å². The van der Waals surface area contributed by atoms with Crippen LogP contribution in [0, 0.1) is 5.92 Å². The maximum Gasteiger partial charge on any atom is 0.226 e. The summed E-state index contributed by atoms with van der Waals surface area (Å²) in [5, 5.41) is 6.08. The molecule has 3 heterocycles. The number of nitrogens with one attached hydrogen (secondary N) is 3. The number of hydrogen-bond donors (Lipinski definition) is 3. The van der Waals surface area contributed by atoms with Crippen LogP contribution in [0.1, 0.15) is 6.42 Å². The minimum Gasteiger partial charge on any atom is -0.368 e. The van der Waals surface area contributed by atoms with E-state index in [-0.39, 0.29) is 17.4 Å². The number of imidazole rings is 1. The molecule has 0 saturated carbocycles. The average Bonchev–Trinajstić information content (AvgIpc) is 3.01. The Kier molecular flexibility index (Phi) is 3.20. The van der Waals surface area contributed by atoms with E-state index in [1.54, 1.807) is 13.4 Å². The summed E-state index contributed by atoms with van der Waals surface area (Å²) in [6.45, 7) is 0.577. The number of sulfone groups is 1. The van der Waals surface area contributed by atoms with Crippen molar-refractivity contribution in [3.63, 3.8) is 0 Å². The first-order chi connectivity index (χ1) is 9.57. The molecule has 20 heavy (non-hydrogen) atoms. The molecule has 0 amide bonds. The van der Waals surface area contributed by atoms with Gasteiger partial charge in [0.1, 0.15) is 5.52 Å². The molecule has 1 unspecified atom stereocenters. The molecular formula is C11H16N6O2S. The highest BCUT2D eigenvalue weighted by molar-refractivity contribution is 7.91. The Morgan fingerprint density at radius 2 is 2.30 bits per heavy atom. The summed E-state index contributed by atoms with van der Waals surface area (Å²) in [5.41, 5.74) is 1.30. The van der Waals surface area contributed by atoms with Gasteiger partial charge >= 0.3 is 0 Å². The Morgan fingerprint density at radius 1 is 1.45 bits per heavy atom. The summed E-state index contributed by atoms with van der Waals surface area (Å²) in [7, 11) is -1.11. The first kappa shape index (κ1) is 13.1. The molecule has 1 aliphatic heterocycles. The highest BCUT2D eigenvalue weighted by Gasteiger charge is 2.27. The Morgan fingerprint density at radius 3 is 3.00 bits per heavy atom. The highest BCUT2D eigenvalue weighted by Crippen LogP contribution is 2.22. The number of H-pyrrole nitrogens is 1. The van der Waals surface area contributed by atoms with Crippen LogP contribution in [0.15, 0.2) is 6.33 Å². The van der Waals surface area contributed by atoms with Gasteiger partial charge in [0.25, 0.3) is 0 Å². The summed E-state index contributed by atoms with van der Waals surface area (Å²) in [6.07, 6.45) is 2.26. The molecule has 0 aromatic carbocycles. The predicted molar refractivity (Wildman–Crippen MR) is 76.5 cm³/mol. The molecule has 108 valence electrons. The number of fused-ring (bicyclic) bond motifs is 1. The van der Waals surface area contributed by atoms with Gasteiger partial charge in [0, 0.05) is 13.6 Å². The van der Waals surface area contributed by atoms with Gasteiger partial charge in [-0.25, -0.2) is 13.4 Å². The quantitative estimate of drug-likeness (QED) is 0.740. The average molecular weight is 296 g/mol. The molecule has 0 spiro atoms. The van der Waals surface area contributed by atoms with Crippen LogP contribution < -0.4 is 10.6 Å². The van der Waals surface area contributed by atoms with Gasteiger partial charge in [0.15, 0.2) is 21.3 Å². The lowest BCUT2D eigenvalue weighted by Crippen LogP contribution is -2.17. The zero-order valence-corrected chi connectivity index (χ0v) is 11.9. The third-order valence-corrected chi connectivity index (χ3v) is 5.23. The summed E-state index contributed by atoms with van der Waals surface area (Å²) in [6, 6.07) is 0. The fourth-order valence-electron chi connectivity index (χ4n) is 2.35. The molecule has 8 nitrogen and oxygen atoms in total. The van der Waals surface area contributed by atoms with E-state index in [4.69, 9.17) is 0 Å². The monoisotopic (exact) mass is 296 g/mol. The van der Waals surface area contributed by atoms with Crippen LogP contribution in [0.4, 0.5) is 11.8 Å². The molecule has 3 N–H and O–H groups in total. The number of aromatic amines is 1. The van der Waals surface area contributed by atoms with Crippen molar-refractivity contribution in [2.45, 2.75) is 6.42 Å². The van der Waals surface area contributed by atoms with Crippen LogP contribution in [-0.4, -0.2) is 53.5 Å². The van der Waals surface area contributed by atoms with Gasteiger partial charge in [0.2, 0.25) is 5.95 Å². The van der Waals surface area contributed by atoms with E-state index in [0.717, 1.165) is 5.52 Å². The van der Waals surface area contributed by atoms with E-state index in [0.29, 0.717) is 30.4 Å². The molecule has 1 saturated heterocycles. The van der Waals surface area contributed by atoms with Gasteiger partial charge in [-0.2, -0.15) is 9.97 Å². The second kappa shape index (κ2) is 4.89. The Bertz CT molecular complexity index is 726. The van der Waals surface area contributed by atoms with E-state index in [1.165, 1.54) is 0 Å². The predicted octanol–water partition coefficient (Wildman–Crippen LogP) is 0.241. The van der Waals surface area contributed by atoms with Crippen molar-refractivity contribution in [2.75, 3.05) is 35.7 Å². The van der Waals surface area contributed by atoms with Crippen LogP contribution in [-0.2, 0) is 9.84 Å². The van der Waals surface area contributed by atoms with E-state index >= 15 is 0 Å². The van der Waals surface area contributed by atoms with Crippen molar-refractivity contribution in [3.8, 4) is 0 Å². The lowest BCUT2D eigenvalue weighted by molar-refractivity contribution is 0.596. The second-order valence-electron chi connectivity index (χ2n) is 4.90. The molecule has 0 radical (unpaired) electrons. The smallest absolute Gasteiger partial charge is 0.226 e. The minimum absolute atomic E-state index is 0.131. The molecule has 1 fully saturated rings. The number of aromatic nitrogens is 4. The lowest BCUT2D eigenvalue weighted by atomic mass is 10.1. The summed E-state index contributed by atoms with van der Waals surface area (Å²) < 4.78 is 22.9. The number of anilines is 2. The molecule has 9 heteroatoms. The highest BCUT2D eigenvalue weighted by atomic mass is 32.2. The minimum atomic E-state index is -2.85. The van der Waals surface area contributed by atoms with Crippen molar-refractivity contribution in [3.05, 3.63) is 6.33 Å². The molecule has 0 bridgehead atoms. The van der Waals surface area contributed by atoms with Crippen LogP contribution >= 0.6 is 0 Å². The van der Waals surface area contributed by atoms with Crippen LogP contribution in [0.5, 0.6) is 0 Å². The largest absolute Gasteiger partial charge is 0.368 e. The maximum absolute atomic E-state index is 11.4. The van der Waals surface area contributed by atoms with Gasteiger partial charge in [-0.05, 0) is 12.3 Å². The van der Waals surface area contributed by atoms with Gasteiger partial charge in [-0.3, -0.25) is 0 Å². The van der Waals surface area contributed by atoms with Gasteiger partial charge in [-0.15, -0.1) is 0 Å². The number of rotatable bonds is 4. The van der Waals surface area contributed by atoms with Gasteiger partial charge in [-0.1, -0.05) is 0 Å². The van der Waals surface area contributed by atoms with E-state index in [1.807, 2.05) is 0 Å². The Labute approximate surface area is 116 Å². The van der Waals surface area contributed by atoms with E-state index < -0.39 is 9.84 Å². The maximum atomic E-state index is 11.4. The van der Waals surface area contributed by atoms with Crippen molar-refractivity contribution < 1.29 is 8.42 Å². The molecule has 2 aromatic heterocycles. The topological polar surface area (TPSA) is 113 Å². The van der Waals surface area contributed by atoms with Gasteiger partial charge in [0.05, 0.1) is 17.8 Å². The number of hydrogen-bond acceptors (Lipinski definition) is 7. The summed E-state index contributed by atoms with van der Waals surface area (Å²) in [5.74, 6) is 1.78. The third-order valence-electron chi connectivity index (χ3n) is 3.39. The van der Waals surface area contributed by atoms with Crippen LogP contribution in [0.25, 0.3) is 11.2 Å². The molecule has 2 aromatic rings. The zero-order valence-electron chi connectivity index (χ0n) is 11.0. The second-order valence-corrected chi connectivity index (χ2v) is 7.13. The van der Waals surface area contributed by atoms with E-state index in [9.17, 15) is 8.42 Å². The first-order valence-corrected chi connectivity index (χ1v) is 8.23. The molecule has 1 atom stereocenters. The van der Waals surface area contributed by atoms with Crippen molar-refractivity contribution in [2.24, 2.45) is 5.92 Å². The van der Waals surface area contributed by atoms with Crippen LogP contribution in [0.3, 0.4) is 0 Å². The van der Waals surface area contributed by atoms with Crippen LogP contribution in [0.2, 0.25) is 0 Å². The first-order valence-electron chi connectivity index (χ1n) is 6.40. The standard InChI is InChI=1S/C11H16N6O2S/c1-12-11-16-9(8-10(17-11)15-6-14-8)13-4-7-2-3-20(18,19)5-7/h6-7H,2-5H2,1H3,(H3,12,13,14,15,16,17). The number of nitrogens with zero attached hydrogens (tertiary/aromatic N) is 3. The molecular weight excluding hydrogens is 280 g/mol. The molecule has 1 aliphatic rings. The van der Waals surface area contributed by atoms with Crippen molar-refractivity contribution >= 4 is 32.8 Å². The Hall–Kier alpha value is -1.90. The zero-order chi connectivity index (χ0) is 14.2. The molecule has 3 rings (SSSR count).